The standard InChI is InChI=1S/C23H30N2O3/c1-5-12-24-23(27)18(3)25(16-20-10-7-11-21(14-20)28-4)22(26)15-19-9-6-8-17(2)13-19/h6-11,13-14,18H,5,12,15-16H2,1-4H3,(H,24,27)/t18-/m1/s1. The van der Waals surface area contributed by atoms with Crippen LogP contribution in [0.2, 0.25) is 0 Å². The van der Waals surface area contributed by atoms with Crippen LogP contribution in [0.5, 0.6) is 5.75 Å². The smallest absolute Gasteiger partial charge is 0.242 e. The number of rotatable bonds is 9. The second-order valence-corrected chi connectivity index (χ2v) is 7.01. The Labute approximate surface area is 167 Å². The van der Waals surface area contributed by atoms with E-state index < -0.39 is 6.04 Å². The largest absolute Gasteiger partial charge is 0.497 e. The molecule has 0 heterocycles. The molecule has 2 aromatic carbocycles. The molecular weight excluding hydrogens is 352 g/mol. The number of ether oxygens (including phenoxy) is 1. The number of methoxy groups -OCH3 is 1. The Hall–Kier alpha value is -2.82. The molecule has 0 bridgehead atoms. The van der Waals surface area contributed by atoms with Gasteiger partial charge in [0.25, 0.3) is 0 Å². The number of aryl methyl sites for hydroxylation is 1. The predicted molar refractivity (Wildman–Crippen MR) is 111 cm³/mol. The molecule has 2 rings (SSSR count). The van der Waals surface area contributed by atoms with E-state index in [9.17, 15) is 9.59 Å². The summed E-state index contributed by atoms with van der Waals surface area (Å²) in [5.41, 5.74) is 2.98. The number of carbonyl (C=O) groups excluding carboxylic acids is 2. The van der Waals surface area contributed by atoms with Crippen LogP contribution >= 0.6 is 0 Å². The lowest BCUT2D eigenvalue weighted by Gasteiger charge is -2.29. The molecule has 5 nitrogen and oxygen atoms in total. The molecule has 0 aliphatic rings. The fraction of sp³-hybridized carbons (Fsp3) is 0.391. The van der Waals surface area contributed by atoms with E-state index in [1.54, 1.807) is 18.9 Å². The SMILES string of the molecule is CCCNC(=O)[C@@H](C)N(Cc1cccc(OC)c1)C(=O)Cc1cccc(C)c1. The second-order valence-electron chi connectivity index (χ2n) is 7.01. The molecular formula is C23H30N2O3. The highest BCUT2D eigenvalue weighted by molar-refractivity contribution is 5.88. The first-order chi connectivity index (χ1) is 13.4. The zero-order valence-corrected chi connectivity index (χ0v) is 17.2. The van der Waals surface area contributed by atoms with Gasteiger partial charge in [-0.2, -0.15) is 0 Å². The number of hydrogen-bond donors (Lipinski definition) is 1. The lowest BCUT2D eigenvalue weighted by atomic mass is 10.1. The van der Waals surface area contributed by atoms with Crippen molar-refractivity contribution in [2.45, 2.75) is 46.2 Å². The number of amides is 2. The lowest BCUT2D eigenvalue weighted by Crippen LogP contribution is -2.48. The van der Waals surface area contributed by atoms with Gasteiger partial charge in [0, 0.05) is 13.1 Å². The van der Waals surface area contributed by atoms with E-state index in [0.29, 0.717) is 13.1 Å². The Kier molecular flexibility index (Phi) is 8.05. The van der Waals surface area contributed by atoms with Gasteiger partial charge in [0.15, 0.2) is 0 Å². The maximum atomic E-state index is 13.1. The van der Waals surface area contributed by atoms with Gasteiger partial charge in [-0.15, -0.1) is 0 Å². The van der Waals surface area contributed by atoms with Gasteiger partial charge in [-0.3, -0.25) is 9.59 Å². The topological polar surface area (TPSA) is 58.6 Å². The third-order valence-corrected chi connectivity index (χ3v) is 4.64. The van der Waals surface area contributed by atoms with Crippen LogP contribution in [-0.2, 0) is 22.6 Å². The van der Waals surface area contributed by atoms with Gasteiger partial charge in [0.05, 0.1) is 13.5 Å². The van der Waals surface area contributed by atoms with Crippen LogP contribution in [0.1, 0.15) is 37.0 Å². The maximum Gasteiger partial charge on any atom is 0.242 e. The van der Waals surface area contributed by atoms with Crippen molar-refractivity contribution in [3.63, 3.8) is 0 Å². The van der Waals surface area contributed by atoms with Crippen molar-refractivity contribution in [2.24, 2.45) is 0 Å². The highest BCUT2D eigenvalue weighted by Gasteiger charge is 2.26. The number of carbonyl (C=O) groups is 2. The molecule has 150 valence electrons. The Morgan fingerprint density at radius 1 is 1.11 bits per heavy atom. The van der Waals surface area contributed by atoms with Crippen LogP contribution in [0.25, 0.3) is 0 Å². The minimum Gasteiger partial charge on any atom is -0.497 e. The summed E-state index contributed by atoms with van der Waals surface area (Å²) in [7, 11) is 1.61. The molecule has 0 spiro atoms. The van der Waals surface area contributed by atoms with Crippen molar-refractivity contribution in [1.29, 1.82) is 0 Å². The first kappa shape index (κ1) is 21.5. The highest BCUT2D eigenvalue weighted by atomic mass is 16.5. The van der Waals surface area contributed by atoms with Gasteiger partial charge < -0.3 is 15.0 Å². The zero-order chi connectivity index (χ0) is 20.5. The summed E-state index contributed by atoms with van der Waals surface area (Å²) in [6.07, 6.45) is 1.11. The molecule has 0 fully saturated rings. The van der Waals surface area contributed by atoms with E-state index in [0.717, 1.165) is 28.9 Å². The first-order valence-corrected chi connectivity index (χ1v) is 9.70. The normalized spacial score (nSPS) is 11.6. The van der Waals surface area contributed by atoms with Gasteiger partial charge >= 0.3 is 0 Å². The summed E-state index contributed by atoms with van der Waals surface area (Å²) in [5.74, 6) is 0.515. The predicted octanol–water partition coefficient (Wildman–Crippen LogP) is 3.49. The summed E-state index contributed by atoms with van der Waals surface area (Å²) in [6, 6.07) is 14.9. The number of hydrogen-bond acceptors (Lipinski definition) is 3. The van der Waals surface area contributed by atoms with E-state index in [1.165, 1.54) is 0 Å². The van der Waals surface area contributed by atoms with Crippen LogP contribution in [0.4, 0.5) is 0 Å². The highest BCUT2D eigenvalue weighted by Crippen LogP contribution is 2.17. The van der Waals surface area contributed by atoms with E-state index in [1.807, 2.05) is 62.4 Å². The van der Waals surface area contributed by atoms with E-state index in [-0.39, 0.29) is 18.2 Å². The van der Waals surface area contributed by atoms with E-state index >= 15 is 0 Å². The van der Waals surface area contributed by atoms with Crippen molar-refractivity contribution in [1.82, 2.24) is 10.2 Å². The van der Waals surface area contributed by atoms with Gasteiger partial charge in [-0.25, -0.2) is 0 Å². The molecule has 1 N–H and O–H groups in total. The number of nitrogens with one attached hydrogen (secondary N) is 1. The van der Waals surface area contributed by atoms with Crippen LogP contribution in [0, 0.1) is 6.92 Å². The van der Waals surface area contributed by atoms with Crippen LogP contribution in [0.15, 0.2) is 48.5 Å². The van der Waals surface area contributed by atoms with Crippen molar-refractivity contribution in [3.05, 3.63) is 65.2 Å². The minimum absolute atomic E-state index is 0.0763. The maximum absolute atomic E-state index is 13.1. The third kappa shape index (κ3) is 6.12. The van der Waals surface area contributed by atoms with Crippen molar-refractivity contribution < 1.29 is 14.3 Å². The Balaban J connectivity index is 2.23. The fourth-order valence-electron chi connectivity index (χ4n) is 3.04. The van der Waals surface area contributed by atoms with Crippen molar-refractivity contribution in [2.75, 3.05) is 13.7 Å². The number of benzene rings is 2. The molecule has 5 heteroatoms. The number of nitrogens with zero attached hydrogens (tertiary/aromatic N) is 1. The molecule has 28 heavy (non-hydrogen) atoms. The van der Waals surface area contributed by atoms with Gasteiger partial charge in [0.2, 0.25) is 11.8 Å². The summed E-state index contributed by atoms with van der Waals surface area (Å²) < 4.78 is 5.28. The van der Waals surface area contributed by atoms with E-state index in [2.05, 4.69) is 5.32 Å². The molecule has 0 saturated carbocycles. The molecule has 0 unspecified atom stereocenters. The van der Waals surface area contributed by atoms with Gasteiger partial charge in [-0.05, 0) is 43.5 Å². The van der Waals surface area contributed by atoms with Crippen molar-refractivity contribution >= 4 is 11.8 Å². The molecule has 0 aromatic heterocycles. The van der Waals surface area contributed by atoms with Crippen LogP contribution < -0.4 is 10.1 Å². The minimum atomic E-state index is -0.560. The molecule has 0 radical (unpaired) electrons. The van der Waals surface area contributed by atoms with E-state index in [4.69, 9.17) is 4.74 Å². The Morgan fingerprint density at radius 3 is 2.50 bits per heavy atom. The average Bonchev–Trinajstić information content (AvgIpc) is 2.69. The third-order valence-electron chi connectivity index (χ3n) is 4.64. The van der Waals surface area contributed by atoms with Crippen LogP contribution in [-0.4, -0.2) is 36.4 Å². The lowest BCUT2D eigenvalue weighted by molar-refractivity contribution is -0.140. The van der Waals surface area contributed by atoms with Crippen molar-refractivity contribution in [3.8, 4) is 5.75 Å². The summed E-state index contributed by atoms with van der Waals surface area (Å²) in [6.45, 7) is 6.73. The monoisotopic (exact) mass is 382 g/mol. The molecule has 0 saturated heterocycles. The quantitative estimate of drug-likeness (QED) is 0.722. The first-order valence-electron chi connectivity index (χ1n) is 9.70. The zero-order valence-electron chi connectivity index (χ0n) is 17.2. The molecule has 2 aromatic rings. The fourth-order valence-corrected chi connectivity index (χ4v) is 3.04. The van der Waals surface area contributed by atoms with Gasteiger partial charge in [0.1, 0.15) is 11.8 Å². The van der Waals surface area contributed by atoms with Crippen LogP contribution in [0.3, 0.4) is 0 Å². The molecule has 2 amide bonds. The Bertz CT molecular complexity index is 804. The molecule has 0 aliphatic heterocycles. The van der Waals surface area contributed by atoms with Gasteiger partial charge in [-0.1, -0.05) is 48.9 Å². The average molecular weight is 383 g/mol. The Morgan fingerprint density at radius 2 is 1.82 bits per heavy atom. The second kappa shape index (κ2) is 10.5. The molecule has 1 atom stereocenters. The summed E-state index contributed by atoms with van der Waals surface area (Å²) >= 11 is 0. The molecule has 0 aliphatic carbocycles. The summed E-state index contributed by atoms with van der Waals surface area (Å²) in [5, 5.41) is 2.89. The summed E-state index contributed by atoms with van der Waals surface area (Å²) in [4.78, 5) is 27.3.